The van der Waals surface area contributed by atoms with Crippen LogP contribution < -0.4 is 5.32 Å². The van der Waals surface area contributed by atoms with Gasteiger partial charge in [0.25, 0.3) is 0 Å². The molecule has 0 heterocycles. The van der Waals surface area contributed by atoms with Gasteiger partial charge >= 0.3 is 0 Å². The number of anilines is 1. The van der Waals surface area contributed by atoms with Crippen molar-refractivity contribution in [2.24, 2.45) is 0 Å². The highest BCUT2D eigenvalue weighted by atomic mass is 127. The van der Waals surface area contributed by atoms with Gasteiger partial charge in [0.1, 0.15) is 0 Å². The van der Waals surface area contributed by atoms with Gasteiger partial charge in [0.05, 0.1) is 5.60 Å². The minimum absolute atomic E-state index is 0.567. The minimum Gasteiger partial charge on any atom is -0.388 e. The molecule has 0 amide bonds. The van der Waals surface area contributed by atoms with Crippen LogP contribution in [-0.4, -0.2) is 17.3 Å². The van der Waals surface area contributed by atoms with Crippen molar-refractivity contribution in [1.82, 2.24) is 0 Å². The van der Waals surface area contributed by atoms with Gasteiger partial charge < -0.3 is 10.4 Å². The maximum absolute atomic E-state index is 10.1. The SMILES string of the molecule is CCC(O)(CC)CNc1ccc(Cl)cc1I. The lowest BCUT2D eigenvalue weighted by atomic mass is 9.97. The van der Waals surface area contributed by atoms with Crippen LogP contribution in [-0.2, 0) is 0 Å². The predicted octanol–water partition coefficient (Wildman–Crippen LogP) is 3.91. The molecule has 1 aromatic rings. The Morgan fingerprint density at radius 3 is 2.50 bits per heavy atom. The van der Waals surface area contributed by atoms with E-state index in [-0.39, 0.29) is 0 Å². The molecule has 4 heteroatoms. The Kier molecular flexibility index (Phi) is 5.34. The summed E-state index contributed by atoms with van der Waals surface area (Å²) in [7, 11) is 0. The highest BCUT2D eigenvalue weighted by Crippen LogP contribution is 2.23. The molecular weight excluding hydrogens is 336 g/mol. The largest absolute Gasteiger partial charge is 0.388 e. The van der Waals surface area contributed by atoms with E-state index in [0.717, 1.165) is 27.1 Å². The fourth-order valence-corrected chi connectivity index (χ4v) is 2.45. The van der Waals surface area contributed by atoms with E-state index in [1.165, 1.54) is 0 Å². The number of nitrogens with one attached hydrogen (secondary N) is 1. The van der Waals surface area contributed by atoms with Gasteiger partial charge in [-0.3, -0.25) is 0 Å². The van der Waals surface area contributed by atoms with Crippen molar-refractivity contribution in [3.63, 3.8) is 0 Å². The molecular formula is C12H17ClINO. The molecule has 0 aliphatic carbocycles. The van der Waals surface area contributed by atoms with E-state index in [4.69, 9.17) is 11.6 Å². The molecule has 0 aromatic heterocycles. The molecule has 0 saturated heterocycles. The maximum atomic E-state index is 10.1. The molecule has 2 N–H and O–H groups in total. The Bertz CT molecular complexity index is 353. The fraction of sp³-hybridized carbons (Fsp3) is 0.500. The zero-order valence-electron chi connectivity index (χ0n) is 9.56. The summed E-state index contributed by atoms with van der Waals surface area (Å²) in [4.78, 5) is 0. The zero-order valence-corrected chi connectivity index (χ0v) is 12.5. The van der Waals surface area contributed by atoms with Crippen LogP contribution in [0.25, 0.3) is 0 Å². The van der Waals surface area contributed by atoms with E-state index in [0.29, 0.717) is 6.54 Å². The second-order valence-electron chi connectivity index (χ2n) is 3.91. The van der Waals surface area contributed by atoms with Crippen LogP contribution in [0.2, 0.25) is 5.02 Å². The van der Waals surface area contributed by atoms with Crippen molar-refractivity contribution < 1.29 is 5.11 Å². The second kappa shape index (κ2) is 6.07. The Morgan fingerprint density at radius 1 is 1.38 bits per heavy atom. The van der Waals surface area contributed by atoms with Crippen molar-refractivity contribution in [1.29, 1.82) is 0 Å². The number of rotatable bonds is 5. The van der Waals surface area contributed by atoms with Crippen molar-refractivity contribution in [2.75, 3.05) is 11.9 Å². The Morgan fingerprint density at radius 2 is 2.00 bits per heavy atom. The molecule has 0 atom stereocenters. The first-order valence-corrected chi connectivity index (χ1v) is 6.87. The van der Waals surface area contributed by atoms with Crippen LogP contribution in [0.3, 0.4) is 0 Å². The topological polar surface area (TPSA) is 32.3 Å². The van der Waals surface area contributed by atoms with E-state index < -0.39 is 5.60 Å². The van der Waals surface area contributed by atoms with Crippen LogP contribution in [0.15, 0.2) is 18.2 Å². The summed E-state index contributed by atoms with van der Waals surface area (Å²) in [6.07, 6.45) is 1.50. The van der Waals surface area contributed by atoms with Gasteiger partial charge in [-0.25, -0.2) is 0 Å². The minimum atomic E-state index is -0.622. The monoisotopic (exact) mass is 353 g/mol. The van der Waals surface area contributed by atoms with E-state index in [1.807, 2.05) is 32.0 Å². The number of aliphatic hydroxyl groups is 1. The highest BCUT2D eigenvalue weighted by molar-refractivity contribution is 14.1. The standard InChI is InChI=1S/C12H17ClINO/c1-3-12(16,4-2)8-15-11-6-5-9(13)7-10(11)14/h5-7,15-16H,3-4,8H2,1-2H3. The third-order valence-electron chi connectivity index (χ3n) is 2.86. The number of hydrogen-bond acceptors (Lipinski definition) is 2. The molecule has 90 valence electrons. The summed E-state index contributed by atoms with van der Waals surface area (Å²) in [5.41, 5.74) is 0.397. The van der Waals surface area contributed by atoms with E-state index in [2.05, 4.69) is 27.9 Å². The molecule has 1 rings (SSSR count). The Balaban J connectivity index is 2.67. The van der Waals surface area contributed by atoms with Crippen molar-refractivity contribution in [2.45, 2.75) is 32.3 Å². The van der Waals surface area contributed by atoms with Gasteiger partial charge in [-0.05, 0) is 53.6 Å². The van der Waals surface area contributed by atoms with Gasteiger partial charge in [0, 0.05) is 20.8 Å². The summed E-state index contributed by atoms with van der Waals surface area (Å²) in [5.74, 6) is 0. The third-order valence-corrected chi connectivity index (χ3v) is 3.98. The fourth-order valence-electron chi connectivity index (χ4n) is 1.39. The van der Waals surface area contributed by atoms with Gasteiger partial charge in [-0.2, -0.15) is 0 Å². The van der Waals surface area contributed by atoms with Crippen molar-refractivity contribution in [3.05, 3.63) is 26.8 Å². The lowest BCUT2D eigenvalue weighted by molar-refractivity contribution is 0.0457. The Labute approximate surface area is 116 Å². The Hall–Kier alpha value is -0.000000000000000111. The molecule has 1 aromatic carbocycles. The molecule has 0 bridgehead atoms. The van der Waals surface area contributed by atoms with E-state index in [1.54, 1.807) is 0 Å². The van der Waals surface area contributed by atoms with E-state index in [9.17, 15) is 5.11 Å². The summed E-state index contributed by atoms with van der Waals surface area (Å²) < 4.78 is 1.07. The molecule has 0 aliphatic heterocycles. The third kappa shape index (κ3) is 3.79. The summed E-state index contributed by atoms with van der Waals surface area (Å²) in [6.45, 7) is 4.56. The van der Waals surface area contributed by atoms with Crippen LogP contribution in [0, 0.1) is 3.57 Å². The lowest BCUT2D eigenvalue weighted by Crippen LogP contribution is -2.35. The number of hydrogen-bond donors (Lipinski definition) is 2. The van der Waals surface area contributed by atoms with Crippen LogP contribution in [0.4, 0.5) is 5.69 Å². The van der Waals surface area contributed by atoms with Crippen LogP contribution in [0.5, 0.6) is 0 Å². The van der Waals surface area contributed by atoms with Crippen LogP contribution >= 0.6 is 34.2 Å². The van der Waals surface area contributed by atoms with Crippen molar-refractivity contribution in [3.8, 4) is 0 Å². The highest BCUT2D eigenvalue weighted by Gasteiger charge is 2.21. The smallest absolute Gasteiger partial charge is 0.0814 e. The molecule has 0 radical (unpaired) electrons. The first-order chi connectivity index (χ1) is 7.50. The zero-order chi connectivity index (χ0) is 12.2. The summed E-state index contributed by atoms with van der Waals surface area (Å²) >= 11 is 8.11. The maximum Gasteiger partial charge on any atom is 0.0814 e. The van der Waals surface area contributed by atoms with Gasteiger partial charge in [0.15, 0.2) is 0 Å². The quantitative estimate of drug-likeness (QED) is 0.787. The molecule has 0 fully saturated rings. The van der Waals surface area contributed by atoms with Gasteiger partial charge in [-0.1, -0.05) is 25.4 Å². The summed E-state index contributed by atoms with van der Waals surface area (Å²) in [6, 6.07) is 5.69. The molecule has 2 nitrogen and oxygen atoms in total. The van der Waals surface area contributed by atoms with Gasteiger partial charge in [-0.15, -0.1) is 0 Å². The van der Waals surface area contributed by atoms with Crippen LogP contribution in [0.1, 0.15) is 26.7 Å². The molecule has 0 spiro atoms. The lowest BCUT2D eigenvalue weighted by Gasteiger charge is -2.26. The molecule has 0 aliphatic rings. The van der Waals surface area contributed by atoms with Gasteiger partial charge in [0.2, 0.25) is 0 Å². The second-order valence-corrected chi connectivity index (χ2v) is 5.51. The van der Waals surface area contributed by atoms with Crippen molar-refractivity contribution >= 4 is 39.9 Å². The first kappa shape index (κ1) is 14.1. The summed E-state index contributed by atoms with van der Waals surface area (Å²) in [5, 5.41) is 14.1. The predicted molar refractivity (Wildman–Crippen MR) is 78.2 cm³/mol. The average Bonchev–Trinajstić information content (AvgIpc) is 2.27. The molecule has 0 unspecified atom stereocenters. The molecule has 0 saturated carbocycles. The molecule has 16 heavy (non-hydrogen) atoms. The average molecular weight is 354 g/mol. The van der Waals surface area contributed by atoms with E-state index >= 15 is 0 Å². The normalized spacial score (nSPS) is 11.6. The number of halogens is 2. The first-order valence-electron chi connectivity index (χ1n) is 5.42. The number of benzene rings is 1.